The van der Waals surface area contributed by atoms with Crippen LogP contribution in [0.2, 0.25) is 5.02 Å². The number of nitrogens with zero attached hydrogens (tertiary/aromatic N) is 5. The summed E-state index contributed by atoms with van der Waals surface area (Å²) in [6.45, 7) is 4.66. The lowest BCUT2D eigenvalue weighted by Crippen LogP contribution is -2.46. The molecule has 39 heavy (non-hydrogen) atoms. The third-order valence-corrected chi connectivity index (χ3v) is 8.58. The van der Waals surface area contributed by atoms with Gasteiger partial charge >= 0.3 is 5.69 Å². The topological polar surface area (TPSA) is 63.4 Å². The van der Waals surface area contributed by atoms with Crippen molar-refractivity contribution in [3.8, 4) is 0 Å². The van der Waals surface area contributed by atoms with Crippen LogP contribution in [0.5, 0.6) is 0 Å². The molecule has 0 spiro atoms. The molecule has 0 bridgehead atoms. The van der Waals surface area contributed by atoms with Gasteiger partial charge in [-0.05, 0) is 80.2 Å². The third kappa shape index (κ3) is 5.52. The number of rotatable bonds is 6. The standard InChI is InChI=1S/C31H34ClN5O2/c32-26-6-7-28-29(20-26)37(31(39)36(28)22-23-4-2-1-3-5-23)27-12-18-35(19-13-27)30(38)25-10-16-34(17-11-25)21-24-8-14-33-15-9-24/h1-9,14-15,20,25,27H,10-13,16-19,21-22H2. The highest BCUT2D eigenvalue weighted by Gasteiger charge is 2.32. The first-order valence-corrected chi connectivity index (χ1v) is 14.3. The number of benzene rings is 2. The molecular formula is C31H34ClN5O2. The van der Waals surface area contributed by atoms with E-state index in [0.29, 0.717) is 24.7 Å². The Kier molecular flexibility index (Phi) is 7.53. The van der Waals surface area contributed by atoms with Crippen molar-refractivity contribution in [1.29, 1.82) is 0 Å². The molecule has 2 aromatic heterocycles. The summed E-state index contributed by atoms with van der Waals surface area (Å²) in [7, 11) is 0. The van der Waals surface area contributed by atoms with Crippen molar-refractivity contribution in [3.63, 3.8) is 0 Å². The fourth-order valence-corrected chi connectivity index (χ4v) is 6.38. The van der Waals surface area contributed by atoms with Crippen LogP contribution in [0.25, 0.3) is 11.0 Å². The van der Waals surface area contributed by atoms with Crippen LogP contribution < -0.4 is 5.69 Å². The highest BCUT2D eigenvalue weighted by Crippen LogP contribution is 2.30. The van der Waals surface area contributed by atoms with Gasteiger partial charge in [-0.15, -0.1) is 0 Å². The van der Waals surface area contributed by atoms with E-state index in [2.05, 4.69) is 22.0 Å². The van der Waals surface area contributed by atoms with Crippen LogP contribution in [0, 0.1) is 5.92 Å². The quantitative estimate of drug-likeness (QED) is 0.344. The van der Waals surface area contributed by atoms with Crippen LogP contribution in [0.1, 0.15) is 42.9 Å². The molecule has 202 valence electrons. The first kappa shape index (κ1) is 25.8. The number of carbonyl (C=O) groups excluding carboxylic acids is 1. The van der Waals surface area contributed by atoms with Gasteiger partial charge in [0.25, 0.3) is 0 Å². The number of hydrogen-bond donors (Lipinski definition) is 0. The molecule has 1 amide bonds. The van der Waals surface area contributed by atoms with Crippen LogP contribution in [0.4, 0.5) is 0 Å². The molecule has 6 rings (SSSR count). The van der Waals surface area contributed by atoms with E-state index >= 15 is 0 Å². The summed E-state index contributed by atoms with van der Waals surface area (Å²) in [6, 6.07) is 19.9. The molecule has 4 heterocycles. The number of amides is 1. The second-order valence-electron chi connectivity index (χ2n) is 10.8. The molecule has 0 aliphatic carbocycles. The number of piperidine rings is 2. The van der Waals surface area contributed by atoms with Gasteiger partial charge in [0.1, 0.15) is 0 Å². The summed E-state index contributed by atoms with van der Waals surface area (Å²) in [4.78, 5) is 35.7. The maximum atomic E-state index is 13.7. The smallest absolute Gasteiger partial charge is 0.329 e. The van der Waals surface area contributed by atoms with E-state index < -0.39 is 0 Å². The van der Waals surface area contributed by atoms with Crippen LogP contribution in [-0.4, -0.2) is 56.0 Å². The average Bonchev–Trinajstić information content (AvgIpc) is 3.24. The molecular weight excluding hydrogens is 510 g/mol. The van der Waals surface area contributed by atoms with Crippen LogP contribution in [-0.2, 0) is 17.9 Å². The number of aromatic nitrogens is 3. The molecule has 2 saturated heterocycles. The van der Waals surface area contributed by atoms with E-state index in [4.69, 9.17) is 11.6 Å². The maximum Gasteiger partial charge on any atom is 0.329 e. The highest BCUT2D eigenvalue weighted by molar-refractivity contribution is 6.31. The minimum Gasteiger partial charge on any atom is -0.342 e. The van der Waals surface area contributed by atoms with Gasteiger partial charge in [0, 0.05) is 49.0 Å². The van der Waals surface area contributed by atoms with E-state index in [0.717, 1.165) is 61.9 Å². The molecule has 0 radical (unpaired) electrons. The van der Waals surface area contributed by atoms with Crippen molar-refractivity contribution in [2.24, 2.45) is 5.92 Å². The van der Waals surface area contributed by atoms with Crippen molar-refractivity contribution in [2.75, 3.05) is 26.2 Å². The minimum atomic E-state index is -0.0116. The summed E-state index contributed by atoms with van der Waals surface area (Å²) in [5.41, 5.74) is 4.10. The Morgan fingerprint density at radius 1 is 0.821 bits per heavy atom. The Bertz CT molecular complexity index is 1480. The molecule has 2 aliphatic rings. The Morgan fingerprint density at radius 3 is 2.23 bits per heavy atom. The van der Waals surface area contributed by atoms with Crippen LogP contribution in [0.15, 0.2) is 77.9 Å². The summed E-state index contributed by atoms with van der Waals surface area (Å²) < 4.78 is 3.77. The van der Waals surface area contributed by atoms with E-state index in [1.807, 2.05) is 75.0 Å². The molecule has 0 saturated carbocycles. The predicted octanol–water partition coefficient (Wildman–Crippen LogP) is 4.98. The van der Waals surface area contributed by atoms with Gasteiger partial charge in [-0.3, -0.25) is 23.8 Å². The molecule has 8 heteroatoms. The lowest BCUT2D eigenvalue weighted by atomic mass is 9.93. The fourth-order valence-electron chi connectivity index (χ4n) is 6.21. The summed E-state index contributed by atoms with van der Waals surface area (Å²) in [6.07, 6.45) is 6.99. The largest absolute Gasteiger partial charge is 0.342 e. The van der Waals surface area contributed by atoms with Crippen molar-refractivity contribution in [1.82, 2.24) is 23.9 Å². The van der Waals surface area contributed by atoms with Gasteiger partial charge in [-0.2, -0.15) is 0 Å². The Balaban J connectivity index is 1.12. The van der Waals surface area contributed by atoms with Gasteiger partial charge in [0.05, 0.1) is 17.6 Å². The lowest BCUT2D eigenvalue weighted by molar-refractivity contribution is -0.138. The summed E-state index contributed by atoms with van der Waals surface area (Å²) in [5, 5.41) is 0.621. The van der Waals surface area contributed by atoms with Gasteiger partial charge in [0.2, 0.25) is 5.91 Å². The number of pyridine rings is 1. The molecule has 2 aliphatic heterocycles. The molecule has 0 atom stereocenters. The minimum absolute atomic E-state index is 0.0116. The number of imidazole rings is 1. The Morgan fingerprint density at radius 2 is 1.51 bits per heavy atom. The monoisotopic (exact) mass is 543 g/mol. The summed E-state index contributed by atoms with van der Waals surface area (Å²) >= 11 is 6.37. The Hall–Kier alpha value is -3.42. The van der Waals surface area contributed by atoms with E-state index in [1.54, 1.807) is 0 Å². The normalized spacial score (nSPS) is 17.6. The highest BCUT2D eigenvalue weighted by atomic mass is 35.5. The van der Waals surface area contributed by atoms with Crippen molar-refractivity contribution >= 4 is 28.5 Å². The maximum absolute atomic E-state index is 13.7. The van der Waals surface area contributed by atoms with Gasteiger partial charge in [0.15, 0.2) is 0 Å². The first-order chi connectivity index (χ1) is 19.1. The summed E-state index contributed by atoms with van der Waals surface area (Å²) in [5.74, 6) is 0.364. The lowest BCUT2D eigenvalue weighted by Gasteiger charge is -2.37. The van der Waals surface area contributed by atoms with Crippen molar-refractivity contribution in [2.45, 2.75) is 44.8 Å². The Labute approximate surface area is 233 Å². The van der Waals surface area contributed by atoms with Crippen molar-refractivity contribution < 1.29 is 4.79 Å². The molecule has 0 N–H and O–H groups in total. The SMILES string of the molecule is O=C(C1CCN(Cc2ccncc2)CC1)N1CCC(n2c(=O)n(Cc3ccccc3)c3ccc(Cl)cc32)CC1. The van der Waals surface area contributed by atoms with E-state index in [9.17, 15) is 9.59 Å². The van der Waals surface area contributed by atoms with Crippen LogP contribution >= 0.6 is 11.6 Å². The number of carbonyl (C=O) groups is 1. The molecule has 7 nitrogen and oxygen atoms in total. The van der Waals surface area contributed by atoms with E-state index in [1.165, 1.54) is 5.56 Å². The van der Waals surface area contributed by atoms with Gasteiger partial charge in [-0.1, -0.05) is 41.9 Å². The van der Waals surface area contributed by atoms with E-state index in [-0.39, 0.29) is 23.6 Å². The van der Waals surface area contributed by atoms with Gasteiger partial charge < -0.3 is 4.90 Å². The van der Waals surface area contributed by atoms with Crippen LogP contribution in [0.3, 0.4) is 0 Å². The number of halogens is 1. The second kappa shape index (κ2) is 11.4. The fraction of sp³-hybridized carbons (Fsp3) is 0.387. The first-order valence-electron chi connectivity index (χ1n) is 13.9. The molecule has 2 fully saturated rings. The predicted molar refractivity (Wildman–Crippen MR) is 154 cm³/mol. The van der Waals surface area contributed by atoms with Gasteiger partial charge in [-0.25, -0.2) is 4.79 Å². The number of fused-ring (bicyclic) bond motifs is 1. The molecule has 4 aromatic rings. The average molecular weight is 544 g/mol. The molecule has 0 unspecified atom stereocenters. The number of likely N-dealkylation sites (tertiary alicyclic amines) is 2. The number of hydrogen-bond acceptors (Lipinski definition) is 4. The zero-order valence-electron chi connectivity index (χ0n) is 22.1. The zero-order valence-corrected chi connectivity index (χ0v) is 22.8. The second-order valence-corrected chi connectivity index (χ2v) is 11.3. The van der Waals surface area contributed by atoms with Crippen molar-refractivity contribution in [3.05, 3.63) is 99.7 Å². The zero-order chi connectivity index (χ0) is 26.8. The molecule has 2 aromatic carbocycles. The third-order valence-electron chi connectivity index (χ3n) is 8.34.